The molecule has 16 heavy (non-hydrogen) atoms. The number of hydrogen-bond donors (Lipinski definition) is 1. The first-order chi connectivity index (χ1) is 7.69. The Morgan fingerprint density at radius 3 is 2.31 bits per heavy atom. The molecule has 0 aliphatic rings. The zero-order chi connectivity index (χ0) is 12.0. The second-order valence-electron chi connectivity index (χ2n) is 3.65. The van der Waals surface area contributed by atoms with Crippen LogP contribution in [0.25, 0.3) is 0 Å². The first-order valence-electron chi connectivity index (χ1n) is 5.49. The number of benzene rings is 1. The Hall–Kier alpha value is -0.0600. The van der Waals surface area contributed by atoms with Crippen molar-refractivity contribution in [1.29, 1.82) is 0 Å². The third-order valence-electron chi connectivity index (χ3n) is 2.29. The van der Waals surface area contributed by atoms with Gasteiger partial charge in [0.2, 0.25) is 0 Å². The molecule has 0 fully saturated rings. The Morgan fingerprint density at radius 2 is 1.81 bits per heavy atom. The van der Waals surface area contributed by atoms with E-state index >= 15 is 0 Å². The second kappa shape index (κ2) is 7.30. The van der Waals surface area contributed by atoms with Gasteiger partial charge in [-0.05, 0) is 56.0 Å². The van der Waals surface area contributed by atoms with E-state index in [1.165, 1.54) is 12.8 Å². The Kier molecular flexibility index (Phi) is 6.39. The van der Waals surface area contributed by atoms with Gasteiger partial charge in [-0.3, -0.25) is 0 Å². The van der Waals surface area contributed by atoms with Gasteiger partial charge in [0.25, 0.3) is 0 Å². The summed E-state index contributed by atoms with van der Waals surface area (Å²) in [5.41, 5.74) is 6.68. The van der Waals surface area contributed by atoms with E-state index in [4.69, 9.17) is 10.5 Å². The fraction of sp³-hybridized carbons (Fsp3) is 0.500. The molecule has 0 atom stereocenters. The first kappa shape index (κ1) is 14.0. The summed E-state index contributed by atoms with van der Waals surface area (Å²) in [5.74, 6) is 0.869. The summed E-state index contributed by atoms with van der Waals surface area (Å²) in [6, 6.07) is 4.00. The van der Waals surface area contributed by atoms with Gasteiger partial charge in [-0.25, -0.2) is 0 Å². The van der Waals surface area contributed by atoms with Gasteiger partial charge in [-0.15, -0.1) is 0 Å². The summed E-state index contributed by atoms with van der Waals surface area (Å²) in [6.45, 7) is 3.47. The third-order valence-corrected chi connectivity index (χ3v) is 3.47. The van der Waals surface area contributed by atoms with E-state index in [-0.39, 0.29) is 0 Å². The van der Waals surface area contributed by atoms with Crippen molar-refractivity contribution in [3.8, 4) is 5.75 Å². The third kappa shape index (κ3) is 4.07. The molecule has 0 heterocycles. The van der Waals surface area contributed by atoms with E-state index in [0.717, 1.165) is 33.3 Å². The molecular formula is C12H17Br2NO. The molecule has 0 bridgehead atoms. The standard InChI is InChI=1S/C12H17Br2NO/c1-2-3-4-5-16-12-10(13)6-9(8-15)7-11(12)14/h6-7H,2-5,8,15H2,1H3. The van der Waals surface area contributed by atoms with Gasteiger partial charge < -0.3 is 10.5 Å². The highest BCUT2D eigenvalue weighted by molar-refractivity contribution is 9.11. The highest BCUT2D eigenvalue weighted by atomic mass is 79.9. The fourth-order valence-corrected chi connectivity index (χ4v) is 2.90. The van der Waals surface area contributed by atoms with Crippen LogP contribution in [0.15, 0.2) is 21.1 Å². The Balaban J connectivity index is 2.65. The van der Waals surface area contributed by atoms with E-state index in [0.29, 0.717) is 6.54 Å². The van der Waals surface area contributed by atoms with Crippen LogP contribution < -0.4 is 10.5 Å². The van der Waals surface area contributed by atoms with Crippen molar-refractivity contribution in [2.75, 3.05) is 6.61 Å². The fourth-order valence-electron chi connectivity index (χ4n) is 1.39. The maximum Gasteiger partial charge on any atom is 0.147 e. The predicted octanol–water partition coefficient (Wildman–Crippen LogP) is 4.24. The zero-order valence-electron chi connectivity index (χ0n) is 9.43. The van der Waals surface area contributed by atoms with Crippen LogP contribution in [0.3, 0.4) is 0 Å². The van der Waals surface area contributed by atoms with Gasteiger partial charge >= 0.3 is 0 Å². The lowest BCUT2D eigenvalue weighted by molar-refractivity contribution is 0.302. The van der Waals surface area contributed by atoms with Crippen LogP contribution in [-0.2, 0) is 6.54 Å². The topological polar surface area (TPSA) is 35.2 Å². The molecular weight excluding hydrogens is 334 g/mol. The highest BCUT2D eigenvalue weighted by Gasteiger charge is 2.08. The van der Waals surface area contributed by atoms with Crippen LogP contribution in [0, 0.1) is 0 Å². The van der Waals surface area contributed by atoms with Gasteiger partial charge in [0.05, 0.1) is 15.6 Å². The Labute approximate surface area is 114 Å². The van der Waals surface area contributed by atoms with E-state index in [2.05, 4.69) is 38.8 Å². The molecule has 2 nitrogen and oxygen atoms in total. The van der Waals surface area contributed by atoms with E-state index in [1.807, 2.05) is 12.1 Å². The van der Waals surface area contributed by atoms with Crippen LogP contribution in [0.1, 0.15) is 31.7 Å². The molecule has 0 aliphatic carbocycles. The number of halogens is 2. The molecule has 1 aromatic rings. The molecule has 0 radical (unpaired) electrons. The van der Waals surface area contributed by atoms with E-state index < -0.39 is 0 Å². The van der Waals surface area contributed by atoms with Crippen molar-refractivity contribution in [2.45, 2.75) is 32.7 Å². The minimum Gasteiger partial charge on any atom is -0.491 e. The van der Waals surface area contributed by atoms with Gasteiger partial charge in [-0.1, -0.05) is 19.8 Å². The van der Waals surface area contributed by atoms with Crippen LogP contribution in [0.5, 0.6) is 5.75 Å². The average Bonchev–Trinajstić information content (AvgIpc) is 2.26. The predicted molar refractivity (Wildman–Crippen MR) is 74.8 cm³/mol. The monoisotopic (exact) mass is 349 g/mol. The largest absolute Gasteiger partial charge is 0.491 e. The molecule has 90 valence electrons. The molecule has 0 amide bonds. The minimum atomic E-state index is 0.535. The summed E-state index contributed by atoms with van der Waals surface area (Å²) in [6.07, 6.45) is 3.50. The lowest BCUT2D eigenvalue weighted by atomic mass is 10.2. The number of unbranched alkanes of at least 4 members (excludes halogenated alkanes) is 2. The summed E-state index contributed by atoms with van der Waals surface area (Å²) in [5, 5.41) is 0. The number of rotatable bonds is 6. The summed E-state index contributed by atoms with van der Waals surface area (Å²) in [7, 11) is 0. The molecule has 0 aliphatic heterocycles. The quantitative estimate of drug-likeness (QED) is 0.779. The van der Waals surface area contributed by atoms with Crippen molar-refractivity contribution in [3.63, 3.8) is 0 Å². The number of hydrogen-bond acceptors (Lipinski definition) is 2. The van der Waals surface area contributed by atoms with Crippen LogP contribution in [-0.4, -0.2) is 6.61 Å². The van der Waals surface area contributed by atoms with E-state index in [9.17, 15) is 0 Å². The molecule has 0 saturated carbocycles. The van der Waals surface area contributed by atoms with E-state index in [1.54, 1.807) is 0 Å². The van der Waals surface area contributed by atoms with Crippen LogP contribution in [0.4, 0.5) is 0 Å². The summed E-state index contributed by atoms with van der Waals surface area (Å²) >= 11 is 6.99. The average molecular weight is 351 g/mol. The molecule has 1 aromatic carbocycles. The Bertz CT molecular complexity index is 319. The minimum absolute atomic E-state index is 0.535. The molecule has 0 spiro atoms. The molecule has 4 heteroatoms. The van der Waals surface area contributed by atoms with Gasteiger partial charge in [0.15, 0.2) is 0 Å². The summed E-state index contributed by atoms with van der Waals surface area (Å²) in [4.78, 5) is 0. The lowest BCUT2D eigenvalue weighted by Crippen LogP contribution is -2.01. The molecule has 0 saturated heterocycles. The zero-order valence-corrected chi connectivity index (χ0v) is 12.6. The molecule has 2 N–H and O–H groups in total. The summed E-state index contributed by atoms with van der Waals surface area (Å²) < 4.78 is 7.65. The van der Waals surface area contributed by atoms with Crippen molar-refractivity contribution in [3.05, 3.63) is 26.6 Å². The molecule has 0 aromatic heterocycles. The number of nitrogens with two attached hydrogens (primary N) is 1. The molecule has 1 rings (SSSR count). The SMILES string of the molecule is CCCCCOc1c(Br)cc(CN)cc1Br. The van der Waals surface area contributed by atoms with Crippen LogP contribution in [0.2, 0.25) is 0 Å². The maximum absolute atomic E-state index is 5.73. The van der Waals surface area contributed by atoms with Crippen molar-refractivity contribution in [1.82, 2.24) is 0 Å². The van der Waals surface area contributed by atoms with Gasteiger partial charge in [-0.2, -0.15) is 0 Å². The van der Waals surface area contributed by atoms with Gasteiger partial charge in [0.1, 0.15) is 5.75 Å². The van der Waals surface area contributed by atoms with Crippen molar-refractivity contribution < 1.29 is 4.74 Å². The number of ether oxygens (including phenoxy) is 1. The van der Waals surface area contributed by atoms with Crippen LogP contribution >= 0.6 is 31.9 Å². The van der Waals surface area contributed by atoms with Crippen molar-refractivity contribution >= 4 is 31.9 Å². The first-order valence-corrected chi connectivity index (χ1v) is 7.08. The second-order valence-corrected chi connectivity index (χ2v) is 5.36. The van der Waals surface area contributed by atoms with Gasteiger partial charge in [0, 0.05) is 6.54 Å². The smallest absolute Gasteiger partial charge is 0.147 e. The van der Waals surface area contributed by atoms with Crippen molar-refractivity contribution in [2.24, 2.45) is 5.73 Å². The Morgan fingerprint density at radius 1 is 1.19 bits per heavy atom. The highest BCUT2D eigenvalue weighted by Crippen LogP contribution is 2.34. The normalized spacial score (nSPS) is 10.5. The maximum atomic E-state index is 5.73. The lowest BCUT2D eigenvalue weighted by Gasteiger charge is -2.11. The molecule has 0 unspecified atom stereocenters.